The summed E-state index contributed by atoms with van der Waals surface area (Å²) < 4.78 is 5.23. The molecule has 2 aromatic carbocycles. The lowest BCUT2D eigenvalue weighted by molar-refractivity contribution is -0.137. The number of nitrogens with one attached hydrogen (secondary N) is 1. The van der Waals surface area contributed by atoms with E-state index < -0.39 is 23.7 Å². The van der Waals surface area contributed by atoms with Crippen LogP contribution in [0.25, 0.3) is 10.8 Å². The van der Waals surface area contributed by atoms with E-state index in [1.165, 1.54) is 0 Å². The zero-order chi connectivity index (χ0) is 17.7. The third-order valence-electron chi connectivity index (χ3n) is 3.49. The number of carbonyl (C=O) groups is 2. The van der Waals surface area contributed by atoms with Crippen LogP contribution in [0.15, 0.2) is 42.5 Å². The monoisotopic (exact) mass is 329 g/mol. The van der Waals surface area contributed by atoms with Gasteiger partial charge < -0.3 is 15.2 Å². The molecule has 1 atom stereocenters. The summed E-state index contributed by atoms with van der Waals surface area (Å²) in [4.78, 5) is 23.1. The minimum absolute atomic E-state index is 0.164. The van der Waals surface area contributed by atoms with Gasteiger partial charge in [0.25, 0.3) is 0 Å². The van der Waals surface area contributed by atoms with Crippen molar-refractivity contribution in [2.75, 3.05) is 0 Å². The number of carboxylic acids is 1. The quantitative estimate of drug-likeness (QED) is 0.876. The van der Waals surface area contributed by atoms with Crippen molar-refractivity contribution in [3.05, 3.63) is 48.0 Å². The van der Waals surface area contributed by atoms with Crippen molar-refractivity contribution in [1.29, 1.82) is 0 Å². The minimum atomic E-state index is -0.962. The Bertz CT molecular complexity index is 728. The zero-order valence-electron chi connectivity index (χ0n) is 14.2. The molecular formula is C19H23NO4. The maximum atomic E-state index is 12.0. The van der Waals surface area contributed by atoms with Crippen LogP contribution in [-0.4, -0.2) is 28.8 Å². The number of aliphatic carboxylic acids is 1. The molecule has 5 nitrogen and oxygen atoms in total. The average Bonchev–Trinajstić information content (AvgIpc) is 2.44. The predicted molar refractivity (Wildman–Crippen MR) is 93.1 cm³/mol. The zero-order valence-corrected chi connectivity index (χ0v) is 14.2. The number of benzene rings is 2. The minimum Gasteiger partial charge on any atom is -0.481 e. The molecule has 0 fully saturated rings. The molecule has 0 spiro atoms. The molecule has 0 bridgehead atoms. The highest BCUT2D eigenvalue weighted by Crippen LogP contribution is 2.20. The molecule has 5 heteroatoms. The van der Waals surface area contributed by atoms with Gasteiger partial charge in [0.15, 0.2) is 0 Å². The van der Waals surface area contributed by atoms with Gasteiger partial charge in [0.1, 0.15) is 5.60 Å². The van der Waals surface area contributed by atoms with Gasteiger partial charge in [-0.25, -0.2) is 4.79 Å². The van der Waals surface area contributed by atoms with Gasteiger partial charge in [-0.1, -0.05) is 42.5 Å². The molecule has 0 aromatic heterocycles. The first-order chi connectivity index (χ1) is 11.2. The van der Waals surface area contributed by atoms with Crippen molar-refractivity contribution < 1.29 is 19.4 Å². The standard InChI is InChI=1S/C19H23NO4/c1-19(2,3)24-18(23)20-15(12-17(21)22)11-14-9-6-8-13-7-4-5-10-16(13)14/h4-10,15H,11-12H2,1-3H3,(H,20,23)(H,21,22). The van der Waals surface area contributed by atoms with Gasteiger partial charge in [-0.15, -0.1) is 0 Å². The van der Waals surface area contributed by atoms with Crippen molar-refractivity contribution in [3.63, 3.8) is 0 Å². The molecule has 128 valence electrons. The van der Waals surface area contributed by atoms with Crippen molar-refractivity contribution in [2.45, 2.75) is 45.3 Å². The maximum Gasteiger partial charge on any atom is 0.407 e. The molecule has 1 amide bonds. The largest absolute Gasteiger partial charge is 0.481 e. The molecule has 2 N–H and O–H groups in total. The molecule has 0 saturated carbocycles. The summed E-state index contributed by atoms with van der Waals surface area (Å²) in [5.74, 6) is -0.962. The van der Waals surface area contributed by atoms with Gasteiger partial charge in [0.05, 0.1) is 6.42 Å². The van der Waals surface area contributed by atoms with Crippen LogP contribution < -0.4 is 5.32 Å². The molecule has 0 saturated heterocycles. The average molecular weight is 329 g/mol. The normalized spacial score (nSPS) is 12.6. The van der Waals surface area contributed by atoms with E-state index in [4.69, 9.17) is 9.84 Å². The van der Waals surface area contributed by atoms with Crippen molar-refractivity contribution in [3.8, 4) is 0 Å². The van der Waals surface area contributed by atoms with Crippen LogP contribution in [0.3, 0.4) is 0 Å². The Labute approximate surface area is 141 Å². The van der Waals surface area contributed by atoms with E-state index in [0.717, 1.165) is 16.3 Å². The molecule has 0 aliphatic rings. The maximum absolute atomic E-state index is 12.0. The van der Waals surface area contributed by atoms with Gasteiger partial charge in [-0.2, -0.15) is 0 Å². The van der Waals surface area contributed by atoms with Crippen LogP contribution >= 0.6 is 0 Å². The van der Waals surface area contributed by atoms with Crippen LogP contribution in [0.4, 0.5) is 4.79 Å². The number of ether oxygens (including phenoxy) is 1. The van der Waals surface area contributed by atoms with E-state index in [0.29, 0.717) is 6.42 Å². The summed E-state index contributed by atoms with van der Waals surface area (Å²) in [7, 11) is 0. The van der Waals surface area contributed by atoms with Gasteiger partial charge in [-0.3, -0.25) is 4.79 Å². The molecule has 0 radical (unpaired) electrons. The molecule has 1 unspecified atom stereocenters. The number of hydrogen-bond acceptors (Lipinski definition) is 3. The Balaban J connectivity index is 2.19. The Kier molecular flexibility index (Phi) is 5.44. The van der Waals surface area contributed by atoms with Crippen molar-refractivity contribution >= 4 is 22.8 Å². The number of amides is 1. The van der Waals surface area contributed by atoms with Crippen molar-refractivity contribution in [1.82, 2.24) is 5.32 Å². The fraction of sp³-hybridized carbons (Fsp3) is 0.368. The predicted octanol–water partition coefficient (Wildman–Crippen LogP) is 3.75. The van der Waals surface area contributed by atoms with Crippen LogP contribution in [0.1, 0.15) is 32.8 Å². The lowest BCUT2D eigenvalue weighted by Crippen LogP contribution is -2.41. The number of rotatable bonds is 5. The fourth-order valence-corrected chi connectivity index (χ4v) is 2.60. The summed E-state index contributed by atoms with van der Waals surface area (Å²) in [5.41, 5.74) is 0.368. The number of carbonyl (C=O) groups excluding carboxylic acids is 1. The first kappa shape index (κ1) is 17.8. The summed E-state index contributed by atoms with van der Waals surface area (Å²) in [5, 5.41) is 13.9. The topological polar surface area (TPSA) is 75.6 Å². The Morgan fingerprint density at radius 1 is 1.12 bits per heavy atom. The third kappa shape index (κ3) is 5.26. The Morgan fingerprint density at radius 3 is 2.46 bits per heavy atom. The molecule has 0 heterocycles. The molecule has 2 aromatic rings. The van der Waals surface area contributed by atoms with Crippen LogP contribution in [-0.2, 0) is 16.0 Å². The smallest absolute Gasteiger partial charge is 0.407 e. The Morgan fingerprint density at radius 2 is 1.79 bits per heavy atom. The van der Waals surface area contributed by atoms with Crippen LogP contribution in [0, 0.1) is 0 Å². The molecule has 24 heavy (non-hydrogen) atoms. The fourth-order valence-electron chi connectivity index (χ4n) is 2.60. The highest BCUT2D eigenvalue weighted by Gasteiger charge is 2.22. The van der Waals surface area contributed by atoms with E-state index >= 15 is 0 Å². The van der Waals surface area contributed by atoms with E-state index in [1.807, 2.05) is 42.5 Å². The summed E-state index contributed by atoms with van der Waals surface area (Å²) in [6, 6.07) is 13.3. The van der Waals surface area contributed by atoms with Crippen molar-refractivity contribution in [2.24, 2.45) is 0 Å². The van der Waals surface area contributed by atoms with E-state index in [-0.39, 0.29) is 6.42 Å². The number of hydrogen-bond donors (Lipinski definition) is 2. The van der Waals surface area contributed by atoms with E-state index in [1.54, 1.807) is 20.8 Å². The summed E-state index contributed by atoms with van der Waals surface area (Å²) in [6.07, 6.45) is -0.344. The van der Waals surface area contributed by atoms with Crippen LogP contribution in [0.5, 0.6) is 0 Å². The van der Waals surface area contributed by atoms with Gasteiger partial charge in [0.2, 0.25) is 0 Å². The molecule has 0 aliphatic heterocycles. The second-order valence-electron chi connectivity index (χ2n) is 6.78. The SMILES string of the molecule is CC(C)(C)OC(=O)NC(CC(=O)O)Cc1cccc2ccccc12. The summed E-state index contributed by atoms with van der Waals surface area (Å²) in [6.45, 7) is 5.30. The first-order valence-corrected chi connectivity index (χ1v) is 7.92. The number of carboxylic acid groups (broad SMARTS) is 1. The number of alkyl carbamates (subject to hydrolysis) is 1. The van der Waals surface area contributed by atoms with E-state index in [9.17, 15) is 9.59 Å². The third-order valence-corrected chi connectivity index (χ3v) is 3.49. The van der Waals surface area contributed by atoms with Crippen LogP contribution in [0.2, 0.25) is 0 Å². The molecule has 2 rings (SSSR count). The highest BCUT2D eigenvalue weighted by molar-refractivity contribution is 5.85. The first-order valence-electron chi connectivity index (χ1n) is 7.92. The van der Waals surface area contributed by atoms with Gasteiger partial charge >= 0.3 is 12.1 Å². The van der Waals surface area contributed by atoms with Gasteiger partial charge in [0, 0.05) is 6.04 Å². The summed E-state index contributed by atoms with van der Waals surface area (Å²) >= 11 is 0. The highest BCUT2D eigenvalue weighted by atomic mass is 16.6. The van der Waals surface area contributed by atoms with E-state index in [2.05, 4.69) is 5.32 Å². The second-order valence-corrected chi connectivity index (χ2v) is 6.78. The van der Waals surface area contributed by atoms with Gasteiger partial charge in [-0.05, 0) is 43.5 Å². The molecule has 0 aliphatic carbocycles. The Hall–Kier alpha value is -2.56. The second kappa shape index (κ2) is 7.34. The molecular weight excluding hydrogens is 306 g/mol. The lowest BCUT2D eigenvalue weighted by atomic mass is 9.97. The number of fused-ring (bicyclic) bond motifs is 1. The lowest BCUT2D eigenvalue weighted by Gasteiger charge is -2.23.